The second-order valence-corrected chi connectivity index (χ2v) is 9.53. The van der Waals surface area contributed by atoms with Crippen molar-refractivity contribution < 1.29 is 9.53 Å². The molecule has 1 aliphatic heterocycles. The van der Waals surface area contributed by atoms with Gasteiger partial charge in [-0.3, -0.25) is 9.69 Å². The van der Waals surface area contributed by atoms with E-state index in [2.05, 4.69) is 18.2 Å². The Morgan fingerprint density at radius 2 is 1.93 bits per heavy atom. The van der Waals surface area contributed by atoms with Crippen molar-refractivity contribution in [3.63, 3.8) is 0 Å². The van der Waals surface area contributed by atoms with Crippen molar-refractivity contribution in [3.05, 3.63) is 34.9 Å². The third-order valence-electron chi connectivity index (χ3n) is 7.67. The normalized spacial score (nSPS) is 34.6. The van der Waals surface area contributed by atoms with Gasteiger partial charge in [0.15, 0.2) is 11.5 Å². The minimum atomic E-state index is -0.847. The maximum Gasteiger partial charge on any atom is 0.262 e. The molecule has 1 heterocycles. The van der Waals surface area contributed by atoms with Gasteiger partial charge in [0, 0.05) is 18.6 Å². The fourth-order valence-electron chi connectivity index (χ4n) is 6.02. The number of hydrogen-bond donors (Lipinski definition) is 1. The number of nitrogens with two attached hydrogens (primary N) is 1. The van der Waals surface area contributed by atoms with Crippen LogP contribution < -0.4 is 5.73 Å². The van der Waals surface area contributed by atoms with E-state index in [9.17, 15) is 4.79 Å². The Bertz CT molecular complexity index is 849. The number of carbonyl (C=O) groups is 1. The van der Waals surface area contributed by atoms with Gasteiger partial charge in [-0.1, -0.05) is 18.2 Å². The molecule has 1 amide bonds. The lowest BCUT2D eigenvalue weighted by Gasteiger charge is -2.45. The summed E-state index contributed by atoms with van der Waals surface area (Å²) in [5, 5.41) is 0. The van der Waals surface area contributed by atoms with Crippen LogP contribution in [-0.4, -0.2) is 36.0 Å². The van der Waals surface area contributed by atoms with E-state index in [0.29, 0.717) is 11.9 Å². The zero-order valence-corrected chi connectivity index (χ0v) is 17.2. The molecule has 1 aromatic carbocycles. The molecule has 0 radical (unpaired) electrons. The van der Waals surface area contributed by atoms with Gasteiger partial charge in [-0.25, -0.2) is 4.99 Å². The molecule has 5 rings (SSSR count). The van der Waals surface area contributed by atoms with Crippen LogP contribution in [-0.2, 0) is 21.5 Å². The molecule has 5 nitrogen and oxygen atoms in total. The number of carbonyl (C=O) groups excluding carboxylic acids is 1. The van der Waals surface area contributed by atoms with Gasteiger partial charge in [0.25, 0.3) is 5.91 Å². The summed E-state index contributed by atoms with van der Waals surface area (Å²) >= 11 is 0. The van der Waals surface area contributed by atoms with Gasteiger partial charge in [0.05, 0.1) is 6.10 Å². The van der Waals surface area contributed by atoms with Crippen molar-refractivity contribution in [2.45, 2.75) is 82.4 Å². The second-order valence-electron chi connectivity index (χ2n) is 9.53. The first-order chi connectivity index (χ1) is 13.4. The first kappa shape index (κ1) is 18.2. The van der Waals surface area contributed by atoms with Crippen LogP contribution in [0, 0.1) is 5.41 Å². The molecule has 1 unspecified atom stereocenters. The molecule has 1 atom stereocenters. The summed E-state index contributed by atoms with van der Waals surface area (Å²) in [6.07, 6.45) is 7.57. The number of nitrogens with zero attached hydrogens (tertiary/aromatic N) is 2. The van der Waals surface area contributed by atoms with E-state index in [-0.39, 0.29) is 23.5 Å². The summed E-state index contributed by atoms with van der Waals surface area (Å²) in [4.78, 5) is 20.7. The van der Waals surface area contributed by atoms with Gasteiger partial charge in [0.1, 0.15) is 0 Å². The lowest BCUT2D eigenvalue weighted by molar-refractivity contribution is -0.139. The van der Waals surface area contributed by atoms with E-state index in [1.807, 2.05) is 13.8 Å². The van der Waals surface area contributed by atoms with E-state index in [4.69, 9.17) is 15.5 Å². The van der Waals surface area contributed by atoms with Crippen LogP contribution in [0.2, 0.25) is 0 Å². The Balaban J connectivity index is 1.66. The highest BCUT2D eigenvalue weighted by molar-refractivity contribution is 6.08. The molecular formula is C23H31N3O2. The van der Waals surface area contributed by atoms with Crippen molar-refractivity contribution in [2.24, 2.45) is 16.1 Å². The molecule has 2 saturated carbocycles. The van der Waals surface area contributed by atoms with E-state index in [1.165, 1.54) is 24.0 Å². The molecule has 5 heteroatoms. The number of fused-ring (bicyclic) bond motifs is 3. The predicted molar refractivity (Wildman–Crippen MR) is 109 cm³/mol. The van der Waals surface area contributed by atoms with Gasteiger partial charge in [-0.05, 0) is 81.4 Å². The fourth-order valence-corrected chi connectivity index (χ4v) is 6.02. The number of benzene rings is 1. The molecule has 3 aliphatic carbocycles. The summed E-state index contributed by atoms with van der Waals surface area (Å²) < 4.78 is 5.63. The number of aliphatic imine (C=N–C) groups is 1. The second kappa shape index (κ2) is 6.06. The van der Waals surface area contributed by atoms with Crippen molar-refractivity contribution in [1.29, 1.82) is 0 Å². The summed E-state index contributed by atoms with van der Waals surface area (Å²) in [7, 11) is 1.79. The van der Waals surface area contributed by atoms with Crippen LogP contribution in [0.5, 0.6) is 0 Å². The van der Waals surface area contributed by atoms with Crippen LogP contribution >= 0.6 is 0 Å². The Labute approximate surface area is 167 Å². The first-order valence-electron chi connectivity index (χ1n) is 10.8. The molecule has 2 N–H and O–H groups in total. The van der Waals surface area contributed by atoms with E-state index in [0.717, 1.165) is 37.7 Å². The number of hydrogen-bond acceptors (Lipinski definition) is 4. The van der Waals surface area contributed by atoms with Crippen LogP contribution in [0.1, 0.15) is 75.0 Å². The highest BCUT2D eigenvalue weighted by Crippen LogP contribution is 2.62. The predicted octanol–water partition coefficient (Wildman–Crippen LogP) is 3.46. The molecule has 2 fully saturated rings. The van der Waals surface area contributed by atoms with Crippen molar-refractivity contribution in [3.8, 4) is 0 Å². The van der Waals surface area contributed by atoms with Crippen LogP contribution in [0.3, 0.4) is 0 Å². The first-order valence-corrected chi connectivity index (χ1v) is 10.8. The minimum Gasteiger partial charge on any atom is -0.381 e. The highest BCUT2D eigenvalue weighted by atomic mass is 16.5. The van der Waals surface area contributed by atoms with Crippen molar-refractivity contribution in [1.82, 2.24) is 4.90 Å². The van der Waals surface area contributed by atoms with Crippen LogP contribution in [0.4, 0.5) is 0 Å². The number of rotatable bonds is 3. The lowest BCUT2D eigenvalue weighted by Crippen LogP contribution is -2.53. The Hall–Kier alpha value is -1.88. The molecule has 0 saturated heterocycles. The SMILES string of the molecule is COC1CCC2(CC1)Cc1ccc(C3CC3)cc1C21N=C(N)N(C(C)C)C1=O. The molecule has 0 bridgehead atoms. The average molecular weight is 382 g/mol. The molecular weight excluding hydrogens is 350 g/mol. The van der Waals surface area contributed by atoms with Gasteiger partial charge < -0.3 is 10.5 Å². The standard InChI is InChI=1S/C23H31N3O2/c1-14(2)26-20(27)23(25-21(26)24)19-12-16(15-4-5-15)6-7-17(19)13-22(23)10-8-18(28-3)9-11-22/h6-7,12,14-15,18H,4-5,8-11,13H2,1-3H3,(H2,24,25). The maximum atomic E-state index is 14.0. The zero-order chi connectivity index (χ0) is 19.7. The molecule has 2 spiro atoms. The summed E-state index contributed by atoms with van der Waals surface area (Å²) in [6, 6.07) is 6.84. The largest absolute Gasteiger partial charge is 0.381 e. The number of methoxy groups -OCH3 is 1. The Kier molecular flexibility index (Phi) is 3.93. The molecule has 0 aromatic heterocycles. The number of guanidine groups is 1. The third kappa shape index (κ3) is 2.28. The highest BCUT2D eigenvalue weighted by Gasteiger charge is 2.67. The topological polar surface area (TPSA) is 67.9 Å². The lowest BCUT2D eigenvalue weighted by atomic mass is 9.61. The van der Waals surface area contributed by atoms with Gasteiger partial charge in [-0.15, -0.1) is 0 Å². The number of amides is 1. The van der Waals surface area contributed by atoms with Gasteiger partial charge in [0.2, 0.25) is 0 Å². The summed E-state index contributed by atoms with van der Waals surface area (Å²) in [5.74, 6) is 1.13. The van der Waals surface area contributed by atoms with Crippen molar-refractivity contribution >= 4 is 11.9 Å². The molecule has 1 aromatic rings. The van der Waals surface area contributed by atoms with E-state index >= 15 is 0 Å². The van der Waals surface area contributed by atoms with Gasteiger partial charge in [-0.2, -0.15) is 0 Å². The quantitative estimate of drug-likeness (QED) is 0.872. The van der Waals surface area contributed by atoms with Crippen molar-refractivity contribution in [2.75, 3.05) is 7.11 Å². The van der Waals surface area contributed by atoms with E-state index in [1.54, 1.807) is 12.0 Å². The van der Waals surface area contributed by atoms with E-state index < -0.39 is 5.54 Å². The fraction of sp³-hybridized carbons (Fsp3) is 0.652. The third-order valence-corrected chi connectivity index (χ3v) is 7.67. The Morgan fingerprint density at radius 1 is 1.21 bits per heavy atom. The summed E-state index contributed by atoms with van der Waals surface area (Å²) in [6.45, 7) is 4.04. The molecule has 28 heavy (non-hydrogen) atoms. The monoisotopic (exact) mass is 381 g/mol. The summed E-state index contributed by atoms with van der Waals surface area (Å²) in [5.41, 5.74) is 9.12. The molecule has 4 aliphatic rings. The minimum absolute atomic E-state index is 0.0126. The van der Waals surface area contributed by atoms with Gasteiger partial charge >= 0.3 is 0 Å². The smallest absolute Gasteiger partial charge is 0.262 e. The Morgan fingerprint density at radius 3 is 2.50 bits per heavy atom. The van der Waals surface area contributed by atoms with Crippen LogP contribution in [0.15, 0.2) is 23.2 Å². The maximum absolute atomic E-state index is 14.0. The van der Waals surface area contributed by atoms with Crippen LogP contribution in [0.25, 0.3) is 0 Å². The number of ether oxygens (including phenoxy) is 1. The molecule has 150 valence electrons. The average Bonchev–Trinajstić information content (AvgIpc) is 3.44. The zero-order valence-electron chi connectivity index (χ0n) is 17.2.